The van der Waals surface area contributed by atoms with Crippen LogP contribution < -0.4 is 14.8 Å². The molecule has 6 heteroatoms. The number of amides is 1. The van der Waals surface area contributed by atoms with Crippen molar-refractivity contribution in [1.82, 2.24) is 5.32 Å². The smallest absolute Gasteiger partial charge is 0.264 e. The lowest BCUT2D eigenvalue weighted by Crippen LogP contribution is -2.44. The number of nitrogens with one attached hydrogen (secondary N) is 1. The Morgan fingerprint density at radius 1 is 1.22 bits per heavy atom. The van der Waals surface area contributed by atoms with Gasteiger partial charge in [-0.2, -0.15) is 0 Å². The van der Waals surface area contributed by atoms with E-state index in [0.29, 0.717) is 31.3 Å². The molecule has 2 aromatic rings. The second kappa shape index (κ2) is 7.69. The SMILES string of the molecule is O=C(NCCCOCc1ccco1)C1COc2ccccc2O1. The number of benzene rings is 1. The van der Waals surface area contributed by atoms with Gasteiger partial charge in [0, 0.05) is 13.2 Å². The fourth-order valence-electron chi connectivity index (χ4n) is 2.22. The minimum Gasteiger partial charge on any atom is -0.485 e. The monoisotopic (exact) mass is 317 g/mol. The van der Waals surface area contributed by atoms with E-state index in [1.807, 2.05) is 30.3 Å². The molecule has 0 saturated carbocycles. The van der Waals surface area contributed by atoms with Gasteiger partial charge in [0.25, 0.3) is 5.91 Å². The van der Waals surface area contributed by atoms with Crippen LogP contribution in [0.5, 0.6) is 11.5 Å². The minimum absolute atomic E-state index is 0.175. The molecule has 0 spiro atoms. The van der Waals surface area contributed by atoms with Gasteiger partial charge in [-0.3, -0.25) is 4.79 Å². The molecule has 0 fully saturated rings. The Labute approximate surface area is 134 Å². The number of rotatable bonds is 7. The summed E-state index contributed by atoms with van der Waals surface area (Å²) < 4.78 is 21.8. The van der Waals surface area contributed by atoms with Gasteiger partial charge in [0.05, 0.1) is 6.26 Å². The summed E-state index contributed by atoms with van der Waals surface area (Å²) >= 11 is 0. The van der Waals surface area contributed by atoms with E-state index in [9.17, 15) is 4.79 Å². The fourth-order valence-corrected chi connectivity index (χ4v) is 2.22. The Kier molecular flexibility index (Phi) is 5.16. The van der Waals surface area contributed by atoms with Crippen molar-refractivity contribution in [3.05, 3.63) is 48.4 Å². The molecule has 1 N–H and O–H groups in total. The largest absolute Gasteiger partial charge is 0.485 e. The van der Waals surface area contributed by atoms with Gasteiger partial charge in [-0.25, -0.2) is 0 Å². The molecule has 0 aliphatic carbocycles. The third-order valence-corrected chi connectivity index (χ3v) is 3.39. The predicted molar refractivity (Wildman–Crippen MR) is 82.3 cm³/mol. The van der Waals surface area contributed by atoms with Crippen LogP contribution in [0.25, 0.3) is 0 Å². The minimum atomic E-state index is -0.617. The molecule has 0 bridgehead atoms. The predicted octanol–water partition coefficient (Wildman–Crippen LogP) is 2.14. The van der Waals surface area contributed by atoms with Crippen LogP contribution in [0.3, 0.4) is 0 Å². The van der Waals surface area contributed by atoms with Crippen LogP contribution in [0.15, 0.2) is 47.1 Å². The molecule has 6 nitrogen and oxygen atoms in total. The van der Waals surface area contributed by atoms with Crippen LogP contribution >= 0.6 is 0 Å². The Balaban J connectivity index is 1.32. The van der Waals surface area contributed by atoms with Gasteiger partial charge in [-0.15, -0.1) is 0 Å². The summed E-state index contributed by atoms with van der Waals surface area (Å²) in [7, 11) is 0. The molecule has 1 atom stereocenters. The molecule has 3 rings (SSSR count). The molecule has 23 heavy (non-hydrogen) atoms. The van der Waals surface area contributed by atoms with Crippen molar-refractivity contribution < 1.29 is 23.4 Å². The van der Waals surface area contributed by atoms with Gasteiger partial charge in [0.15, 0.2) is 11.5 Å². The second-order valence-corrected chi connectivity index (χ2v) is 5.14. The lowest BCUT2D eigenvalue weighted by atomic mass is 10.2. The summed E-state index contributed by atoms with van der Waals surface area (Å²) in [6, 6.07) is 11.0. The van der Waals surface area contributed by atoms with E-state index in [2.05, 4.69) is 5.32 Å². The van der Waals surface area contributed by atoms with E-state index in [0.717, 1.165) is 12.2 Å². The van der Waals surface area contributed by atoms with Gasteiger partial charge >= 0.3 is 0 Å². The van der Waals surface area contributed by atoms with Crippen molar-refractivity contribution in [3.63, 3.8) is 0 Å². The summed E-state index contributed by atoms with van der Waals surface area (Å²) in [6.07, 6.45) is 1.72. The van der Waals surface area contributed by atoms with Crippen molar-refractivity contribution in [2.24, 2.45) is 0 Å². The van der Waals surface area contributed by atoms with Crippen LogP contribution in [-0.4, -0.2) is 31.8 Å². The summed E-state index contributed by atoms with van der Waals surface area (Å²) in [5, 5.41) is 2.83. The van der Waals surface area contributed by atoms with Crippen molar-refractivity contribution in [2.45, 2.75) is 19.1 Å². The first-order valence-electron chi connectivity index (χ1n) is 7.59. The van der Waals surface area contributed by atoms with Crippen molar-refractivity contribution in [3.8, 4) is 11.5 Å². The molecule has 1 aliphatic rings. The highest BCUT2D eigenvalue weighted by Gasteiger charge is 2.26. The highest BCUT2D eigenvalue weighted by atomic mass is 16.6. The first-order chi connectivity index (χ1) is 11.3. The Morgan fingerprint density at radius 3 is 2.91 bits per heavy atom. The van der Waals surface area contributed by atoms with E-state index >= 15 is 0 Å². The second-order valence-electron chi connectivity index (χ2n) is 5.14. The number of hydrogen-bond acceptors (Lipinski definition) is 5. The number of fused-ring (bicyclic) bond motifs is 1. The van der Waals surface area contributed by atoms with Crippen LogP contribution in [-0.2, 0) is 16.1 Å². The van der Waals surface area contributed by atoms with Crippen LogP contribution in [0, 0.1) is 0 Å². The highest BCUT2D eigenvalue weighted by molar-refractivity contribution is 5.81. The molecule has 2 heterocycles. The molecule has 0 saturated heterocycles. The molecule has 0 radical (unpaired) electrons. The number of ether oxygens (including phenoxy) is 3. The number of hydrogen-bond donors (Lipinski definition) is 1. The number of carbonyl (C=O) groups excluding carboxylic acids is 1. The maximum Gasteiger partial charge on any atom is 0.264 e. The van der Waals surface area contributed by atoms with E-state index in [1.165, 1.54) is 0 Å². The van der Waals surface area contributed by atoms with Crippen LogP contribution in [0.4, 0.5) is 0 Å². The van der Waals surface area contributed by atoms with Crippen molar-refractivity contribution in [1.29, 1.82) is 0 Å². The van der Waals surface area contributed by atoms with Crippen molar-refractivity contribution in [2.75, 3.05) is 19.8 Å². The highest BCUT2D eigenvalue weighted by Crippen LogP contribution is 2.30. The maximum absolute atomic E-state index is 12.1. The standard InChI is InChI=1S/C17H19NO5/c19-17(16-12-22-14-6-1-2-7-15(14)23-16)18-8-4-9-20-11-13-5-3-10-21-13/h1-3,5-7,10,16H,4,8-9,11-12H2,(H,18,19). The lowest BCUT2D eigenvalue weighted by Gasteiger charge is -2.25. The molecule has 1 unspecified atom stereocenters. The van der Waals surface area contributed by atoms with Crippen LogP contribution in [0.2, 0.25) is 0 Å². The quantitative estimate of drug-likeness (QED) is 0.792. The Bertz CT molecular complexity index is 626. The van der Waals surface area contributed by atoms with E-state index < -0.39 is 6.10 Å². The maximum atomic E-state index is 12.1. The normalized spacial score (nSPS) is 16.1. The zero-order chi connectivity index (χ0) is 15.9. The molecule has 1 aromatic carbocycles. The zero-order valence-corrected chi connectivity index (χ0v) is 12.7. The zero-order valence-electron chi connectivity index (χ0n) is 12.7. The molecular weight excluding hydrogens is 298 g/mol. The van der Waals surface area contributed by atoms with Gasteiger partial charge < -0.3 is 23.9 Å². The number of para-hydroxylation sites is 2. The Hall–Kier alpha value is -2.47. The fraction of sp³-hybridized carbons (Fsp3) is 0.353. The molecule has 1 aromatic heterocycles. The molecular formula is C17H19NO5. The average Bonchev–Trinajstić information content (AvgIpc) is 3.10. The number of carbonyl (C=O) groups is 1. The third-order valence-electron chi connectivity index (χ3n) is 3.39. The van der Waals surface area contributed by atoms with Gasteiger partial charge in [-0.05, 0) is 30.7 Å². The molecule has 1 aliphatic heterocycles. The summed E-state index contributed by atoms with van der Waals surface area (Å²) in [6.45, 7) is 1.74. The topological polar surface area (TPSA) is 69.9 Å². The summed E-state index contributed by atoms with van der Waals surface area (Å²) in [4.78, 5) is 12.1. The Morgan fingerprint density at radius 2 is 2.09 bits per heavy atom. The van der Waals surface area contributed by atoms with E-state index in [4.69, 9.17) is 18.6 Å². The van der Waals surface area contributed by atoms with E-state index in [-0.39, 0.29) is 12.5 Å². The third kappa shape index (κ3) is 4.26. The molecule has 122 valence electrons. The first kappa shape index (κ1) is 15.4. The van der Waals surface area contributed by atoms with Gasteiger partial charge in [0.2, 0.25) is 6.10 Å². The van der Waals surface area contributed by atoms with Crippen molar-refractivity contribution >= 4 is 5.91 Å². The number of furan rings is 1. The van der Waals surface area contributed by atoms with E-state index in [1.54, 1.807) is 12.3 Å². The van der Waals surface area contributed by atoms with Gasteiger partial charge in [-0.1, -0.05) is 12.1 Å². The lowest BCUT2D eigenvalue weighted by molar-refractivity contribution is -0.130. The summed E-state index contributed by atoms with van der Waals surface area (Å²) in [5.74, 6) is 1.88. The molecule has 1 amide bonds. The first-order valence-corrected chi connectivity index (χ1v) is 7.59. The van der Waals surface area contributed by atoms with Gasteiger partial charge in [0.1, 0.15) is 19.0 Å². The van der Waals surface area contributed by atoms with Crippen LogP contribution in [0.1, 0.15) is 12.2 Å². The summed E-state index contributed by atoms with van der Waals surface area (Å²) in [5.41, 5.74) is 0. The average molecular weight is 317 g/mol.